The minimum absolute atomic E-state index is 0.158. The SMILES string of the molecule is CCN(Cc1ccccc1)c1ccc(C(=O)NCc2cccc(C)c2)nc1. The van der Waals surface area contributed by atoms with E-state index in [1.807, 2.05) is 49.4 Å². The maximum absolute atomic E-state index is 12.4. The van der Waals surface area contributed by atoms with Crippen molar-refractivity contribution in [1.29, 1.82) is 0 Å². The number of nitrogens with one attached hydrogen (secondary N) is 1. The lowest BCUT2D eigenvalue weighted by atomic mass is 10.1. The monoisotopic (exact) mass is 359 g/mol. The molecule has 0 radical (unpaired) electrons. The van der Waals surface area contributed by atoms with Crippen molar-refractivity contribution in [1.82, 2.24) is 10.3 Å². The molecule has 1 aromatic heterocycles. The molecule has 0 aliphatic rings. The highest BCUT2D eigenvalue weighted by Gasteiger charge is 2.10. The summed E-state index contributed by atoms with van der Waals surface area (Å²) in [5, 5.41) is 2.93. The Balaban J connectivity index is 1.62. The molecule has 0 aliphatic heterocycles. The summed E-state index contributed by atoms with van der Waals surface area (Å²) in [5.41, 5.74) is 4.96. The van der Waals surface area contributed by atoms with E-state index in [1.54, 1.807) is 12.3 Å². The molecule has 0 atom stereocenters. The van der Waals surface area contributed by atoms with E-state index in [1.165, 1.54) is 11.1 Å². The van der Waals surface area contributed by atoms with Gasteiger partial charge in [0, 0.05) is 19.6 Å². The number of rotatable bonds is 7. The van der Waals surface area contributed by atoms with E-state index in [0.717, 1.165) is 24.3 Å². The molecular formula is C23H25N3O. The van der Waals surface area contributed by atoms with Gasteiger partial charge in [-0.05, 0) is 37.1 Å². The number of benzene rings is 2. The van der Waals surface area contributed by atoms with Gasteiger partial charge in [-0.15, -0.1) is 0 Å². The minimum atomic E-state index is -0.158. The van der Waals surface area contributed by atoms with Crippen molar-refractivity contribution in [3.63, 3.8) is 0 Å². The summed E-state index contributed by atoms with van der Waals surface area (Å²) < 4.78 is 0. The second-order valence-corrected chi connectivity index (χ2v) is 6.57. The molecule has 0 aliphatic carbocycles. The molecule has 1 heterocycles. The van der Waals surface area contributed by atoms with Crippen molar-refractivity contribution in [2.45, 2.75) is 26.9 Å². The van der Waals surface area contributed by atoms with E-state index >= 15 is 0 Å². The van der Waals surface area contributed by atoms with E-state index in [9.17, 15) is 4.79 Å². The van der Waals surface area contributed by atoms with Crippen LogP contribution in [0.5, 0.6) is 0 Å². The summed E-state index contributed by atoms with van der Waals surface area (Å²) in [4.78, 5) is 19.0. The first-order valence-electron chi connectivity index (χ1n) is 9.24. The molecule has 0 spiro atoms. The van der Waals surface area contributed by atoms with Crippen LogP contribution >= 0.6 is 0 Å². The molecule has 138 valence electrons. The van der Waals surface area contributed by atoms with Gasteiger partial charge >= 0.3 is 0 Å². The normalized spacial score (nSPS) is 10.4. The first kappa shape index (κ1) is 18.6. The van der Waals surface area contributed by atoms with Gasteiger partial charge in [0.15, 0.2) is 0 Å². The van der Waals surface area contributed by atoms with Crippen molar-refractivity contribution in [3.05, 3.63) is 95.3 Å². The molecule has 3 aromatic rings. The Bertz CT molecular complexity index is 876. The van der Waals surface area contributed by atoms with Crippen molar-refractivity contribution in [2.75, 3.05) is 11.4 Å². The number of anilines is 1. The second kappa shape index (κ2) is 8.99. The summed E-state index contributed by atoms with van der Waals surface area (Å²) in [5.74, 6) is -0.158. The number of hydrogen-bond donors (Lipinski definition) is 1. The van der Waals surface area contributed by atoms with Gasteiger partial charge in [0.2, 0.25) is 0 Å². The number of carbonyl (C=O) groups is 1. The lowest BCUT2D eigenvalue weighted by molar-refractivity contribution is 0.0946. The van der Waals surface area contributed by atoms with Crippen molar-refractivity contribution >= 4 is 11.6 Å². The van der Waals surface area contributed by atoms with E-state index < -0.39 is 0 Å². The van der Waals surface area contributed by atoms with Crippen LogP contribution in [0.3, 0.4) is 0 Å². The zero-order valence-corrected chi connectivity index (χ0v) is 15.9. The standard InChI is InChI=1S/C23H25N3O/c1-3-26(17-19-9-5-4-6-10-19)21-12-13-22(24-16-21)23(27)25-15-20-11-7-8-18(2)14-20/h4-14,16H,3,15,17H2,1-2H3,(H,25,27). The summed E-state index contributed by atoms with van der Waals surface area (Å²) in [7, 11) is 0. The molecule has 0 unspecified atom stereocenters. The van der Waals surface area contributed by atoms with E-state index in [0.29, 0.717) is 12.2 Å². The topological polar surface area (TPSA) is 45.2 Å². The van der Waals surface area contributed by atoms with Gasteiger partial charge in [-0.1, -0.05) is 60.2 Å². The van der Waals surface area contributed by atoms with Gasteiger partial charge < -0.3 is 10.2 Å². The molecule has 2 aromatic carbocycles. The van der Waals surface area contributed by atoms with Crippen LogP contribution in [0.2, 0.25) is 0 Å². The lowest BCUT2D eigenvalue weighted by Crippen LogP contribution is -2.25. The number of aryl methyl sites for hydroxylation is 1. The fourth-order valence-electron chi connectivity index (χ4n) is 2.99. The average Bonchev–Trinajstić information content (AvgIpc) is 2.71. The Morgan fingerprint density at radius 2 is 1.78 bits per heavy atom. The molecular weight excluding hydrogens is 334 g/mol. The fraction of sp³-hybridized carbons (Fsp3) is 0.217. The maximum Gasteiger partial charge on any atom is 0.270 e. The molecule has 1 N–H and O–H groups in total. The van der Waals surface area contributed by atoms with Crippen molar-refractivity contribution in [3.8, 4) is 0 Å². The third-order valence-corrected chi connectivity index (χ3v) is 4.48. The van der Waals surface area contributed by atoms with E-state index in [-0.39, 0.29) is 5.91 Å². The number of carbonyl (C=O) groups excluding carboxylic acids is 1. The van der Waals surface area contributed by atoms with Crippen LogP contribution in [0.25, 0.3) is 0 Å². The lowest BCUT2D eigenvalue weighted by Gasteiger charge is -2.23. The van der Waals surface area contributed by atoms with Gasteiger partial charge in [-0.3, -0.25) is 4.79 Å². The Kier molecular flexibility index (Phi) is 6.21. The Hall–Kier alpha value is -3.14. The van der Waals surface area contributed by atoms with Gasteiger partial charge in [-0.25, -0.2) is 4.98 Å². The van der Waals surface area contributed by atoms with Crippen LogP contribution in [0.15, 0.2) is 72.9 Å². The van der Waals surface area contributed by atoms with Crippen molar-refractivity contribution < 1.29 is 4.79 Å². The quantitative estimate of drug-likeness (QED) is 0.682. The molecule has 0 saturated carbocycles. The van der Waals surface area contributed by atoms with E-state index in [2.05, 4.69) is 40.3 Å². The van der Waals surface area contributed by atoms with Crippen LogP contribution in [-0.4, -0.2) is 17.4 Å². The first-order valence-corrected chi connectivity index (χ1v) is 9.24. The number of amides is 1. The highest BCUT2D eigenvalue weighted by Crippen LogP contribution is 2.16. The minimum Gasteiger partial charge on any atom is -0.366 e. The molecule has 1 amide bonds. The van der Waals surface area contributed by atoms with Crippen LogP contribution in [0, 0.1) is 6.92 Å². The number of hydrogen-bond acceptors (Lipinski definition) is 3. The average molecular weight is 359 g/mol. The zero-order chi connectivity index (χ0) is 19.1. The maximum atomic E-state index is 12.4. The number of aromatic nitrogens is 1. The Morgan fingerprint density at radius 3 is 2.44 bits per heavy atom. The largest absolute Gasteiger partial charge is 0.366 e. The van der Waals surface area contributed by atoms with Crippen LogP contribution in [0.4, 0.5) is 5.69 Å². The summed E-state index contributed by atoms with van der Waals surface area (Å²) in [6, 6.07) is 22.2. The number of nitrogens with zero attached hydrogens (tertiary/aromatic N) is 2. The van der Waals surface area contributed by atoms with E-state index in [4.69, 9.17) is 0 Å². The first-order chi connectivity index (χ1) is 13.2. The highest BCUT2D eigenvalue weighted by molar-refractivity contribution is 5.92. The predicted molar refractivity (Wildman–Crippen MR) is 110 cm³/mol. The second-order valence-electron chi connectivity index (χ2n) is 6.57. The summed E-state index contributed by atoms with van der Waals surface area (Å²) >= 11 is 0. The van der Waals surface area contributed by atoms with Gasteiger partial charge in [0.05, 0.1) is 11.9 Å². The smallest absolute Gasteiger partial charge is 0.270 e. The summed E-state index contributed by atoms with van der Waals surface area (Å²) in [6.45, 7) is 6.35. The molecule has 0 saturated heterocycles. The van der Waals surface area contributed by atoms with Gasteiger partial charge in [0.1, 0.15) is 5.69 Å². The fourth-order valence-corrected chi connectivity index (χ4v) is 2.99. The molecule has 0 fully saturated rings. The predicted octanol–water partition coefficient (Wildman–Crippen LogP) is 4.35. The molecule has 4 heteroatoms. The van der Waals surface area contributed by atoms with Gasteiger partial charge in [0.25, 0.3) is 5.91 Å². The van der Waals surface area contributed by atoms with Crippen LogP contribution in [-0.2, 0) is 13.1 Å². The molecule has 0 bridgehead atoms. The Labute approximate surface area is 160 Å². The third-order valence-electron chi connectivity index (χ3n) is 4.48. The Morgan fingerprint density at radius 1 is 1.00 bits per heavy atom. The number of pyridine rings is 1. The van der Waals surface area contributed by atoms with Crippen LogP contribution in [0.1, 0.15) is 34.1 Å². The zero-order valence-electron chi connectivity index (χ0n) is 15.9. The molecule has 3 rings (SSSR count). The third kappa shape index (κ3) is 5.17. The molecule has 4 nitrogen and oxygen atoms in total. The van der Waals surface area contributed by atoms with Crippen molar-refractivity contribution in [2.24, 2.45) is 0 Å². The summed E-state index contributed by atoms with van der Waals surface area (Å²) in [6.07, 6.45) is 1.77. The highest BCUT2D eigenvalue weighted by atomic mass is 16.1. The molecule has 27 heavy (non-hydrogen) atoms. The van der Waals surface area contributed by atoms with Crippen LogP contribution < -0.4 is 10.2 Å². The van der Waals surface area contributed by atoms with Gasteiger partial charge in [-0.2, -0.15) is 0 Å².